The normalized spacial score (nSPS) is 50.1. The molecule has 5 aliphatic rings. The molecular formula is C29H48O3. The molecule has 3 heteroatoms. The van der Waals surface area contributed by atoms with Crippen LogP contribution in [0.3, 0.4) is 0 Å². The Hall–Kier alpha value is -0.570. The Morgan fingerprint density at radius 3 is 2.53 bits per heavy atom. The monoisotopic (exact) mass is 444 g/mol. The summed E-state index contributed by atoms with van der Waals surface area (Å²) in [5.74, 6) is 5.03. The van der Waals surface area contributed by atoms with Crippen LogP contribution in [0.1, 0.15) is 112 Å². The lowest BCUT2D eigenvalue weighted by Gasteiger charge is -2.59. The lowest BCUT2D eigenvalue weighted by molar-refractivity contribution is -0.157. The minimum absolute atomic E-state index is 0.00240. The van der Waals surface area contributed by atoms with Crippen molar-refractivity contribution < 1.29 is 14.3 Å². The van der Waals surface area contributed by atoms with Gasteiger partial charge in [-0.05, 0) is 85.9 Å². The second-order valence-corrected chi connectivity index (χ2v) is 13.5. The van der Waals surface area contributed by atoms with Crippen molar-refractivity contribution in [1.29, 1.82) is 0 Å². The Labute approximate surface area is 196 Å². The van der Waals surface area contributed by atoms with Crippen molar-refractivity contribution in [2.45, 2.75) is 130 Å². The van der Waals surface area contributed by atoms with E-state index in [9.17, 15) is 4.79 Å². The molecule has 0 bridgehead atoms. The molecule has 10 atom stereocenters. The largest absolute Gasteiger partial charge is 0.462 e. The van der Waals surface area contributed by atoms with Gasteiger partial charge in [0.05, 0.1) is 6.10 Å². The van der Waals surface area contributed by atoms with Gasteiger partial charge in [0.1, 0.15) is 11.7 Å². The Balaban J connectivity index is 1.30. The minimum Gasteiger partial charge on any atom is -0.462 e. The standard InChI is InChI=1S/C29H48O3/c1-18(2)8-7-9-19(3)23-10-11-24-22-16-26-29(32-26)17-21(31-20(4)30)12-15-28(29,6)25(22)13-14-27(23,24)5/h18-19,21-26H,7-17H2,1-6H3/t19-,21+,22+,23-,24+,25+,26-,27-,28-,29+/m1/s1. The first-order valence-corrected chi connectivity index (χ1v) is 14.0. The predicted octanol–water partition coefficient (Wildman–Crippen LogP) is 7.17. The maximum absolute atomic E-state index is 11.6. The fraction of sp³-hybridized carbons (Fsp3) is 0.966. The smallest absolute Gasteiger partial charge is 0.302 e. The first-order chi connectivity index (χ1) is 15.1. The van der Waals surface area contributed by atoms with Gasteiger partial charge >= 0.3 is 5.97 Å². The second-order valence-electron chi connectivity index (χ2n) is 13.5. The van der Waals surface area contributed by atoms with E-state index in [4.69, 9.17) is 9.47 Å². The van der Waals surface area contributed by atoms with Gasteiger partial charge in [-0.25, -0.2) is 0 Å². The van der Waals surface area contributed by atoms with E-state index in [0.29, 0.717) is 11.5 Å². The van der Waals surface area contributed by atoms with Crippen LogP contribution in [0, 0.1) is 46.3 Å². The Morgan fingerprint density at radius 1 is 1.03 bits per heavy atom. The van der Waals surface area contributed by atoms with E-state index in [1.165, 1.54) is 57.8 Å². The number of epoxide rings is 1. The highest BCUT2D eigenvalue weighted by Gasteiger charge is 2.76. The molecule has 0 amide bonds. The number of fused-ring (bicyclic) bond motifs is 4. The summed E-state index contributed by atoms with van der Waals surface area (Å²) in [5, 5.41) is 0. The van der Waals surface area contributed by atoms with E-state index < -0.39 is 0 Å². The highest BCUT2D eigenvalue weighted by molar-refractivity contribution is 5.66. The lowest BCUT2D eigenvalue weighted by Crippen LogP contribution is -2.59. The number of ether oxygens (including phenoxy) is 2. The van der Waals surface area contributed by atoms with Crippen molar-refractivity contribution in [3.63, 3.8) is 0 Å². The molecule has 0 unspecified atom stereocenters. The highest BCUT2D eigenvalue weighted by Crippen LogP contribution is 2.74. The van der Waals surface area contributed by atoms with E-state index in [0.717, 1.165) is 48.3 Å². The van der Waals surface area contributed by atoms with Crippen molar-refractivity contribution in [3.05, 3.63) is 0 Å². The van der Waals surface area contributed by atoms with Crippen LogP contribution < -0.4 is 0 Å². The first-order valence-electron chi connectivity index (χ1n) is 14.0. The van der Waals surface area contributed by atoms with Crippen LogP contribution in [0.4, 0.5) is 0 Å². The molecule has 0 aromatic heterocycles. The predicted molar refractivity (Wildman–Crippen MR) is 128 cm³/mol. The van der Waals surface area contributed by atoms with E-state index in [1.807, 2.05) is 0 Å². The van der Waals surface area contributed by atoms with Crippen molar-refractivity contribution in [2.24, 2.45) is 46.3 Å². The molecule has 182 valence electrons. The molecular weight excluding hydrogens is 396 g/mol. The lowest BCUT2D eigenvalue weighted by atomic mass is 9.44. The third-order valence-electron chi connectivity index (χ3n) is 11.6. The molecule has 5 rings (SSSR count). The second kappa shape index (κ2) is 7.99. The van der Waals surface area contributed by atoms with Crippen molar-refractivity contribution in [3.8, 4) is 0 Å². The van der Waals surface area contributed by atoms with E-state index >= 15 is 0 Å². The fourth-order valence-electron chi connectivity index (χ4n) is 10.00. The molecule has 0 aromatic carbocycles. The van der Waals surface area contributed by atoms with Gasteiger partial charge < -0.3 is 9.47 Å². The molecule has 1 saturated heterocycles. The molecule has 0 aromatic rings. The molecule has 1 spiro atoms. The zero-order chi connectivity index (χ0) is 22.9. The Morgan fingerprint density at radius 2 is 1.81 bits per heavy atom. The van der Waals surface area contributed by atoms with Crippen LogP contribution in [-0.4, -0.2) is 23.8 Å². The van der Waals surface area contributed by atoms with Gasteiger partial charge in [0.25, 0.3) is 0 Å². The molecule has 3 nitrogen and oxygen atoms in total. The quantitative estimate of drug-likeness (QED) is 0.322. The van der Waals surface area contributed by atoms with Crippen molar-refractivity contribution in [1.82, 2.24) is 0 Å². The molecule has 32 heavy (non-hydrogen) atoms. The number of hydrogen-bond acceptors (Lipinski definition) is 3. The SMILES string of the molecule is CC(=O)O[C@H]1CC[C@]2(C)[C@H]3CC[C@]4(C)[C@@H]([C@H](C)CCCC(C)C)CC[C@H]4[C@@H]3C[C@H]3O[C@@]32C1. The van der Waals surface area contributed by atoms with Crippen LogP contribution >= 0.6 is 0 Å². The average Bonchev–Trinajstić information content (AvgIpc) is 3.28. The third kappa shape index (κ3) is 3.42. The molecule has 0 N–H and O–H groups in total. The van der Waals surface area contributed by atoms with Crippen molar-refractivity contribution >= 4 is 5.97 Å². The summed E-state index contributed by atoms with van der Waals surface area (Å²) < 4.78 is 12.3. The summed E-state index contributed by atoms with van der Waals surface area (Å²) in [4.78, 5) is 11.6. The summed E-state index contributed by atoms with van der Waals surface area (Å²) in [5.41, 5.74) is 0.820. The number of esters is 1. The number of carbonyl (C=O) groups excluding carboxylic acids is 1. The van der Waals surface area contributed by atoms with Gasteiger partial charge in [0.15, 0.2) is 0 Å². The average molecular weight is 445 g/mol. The summed E-state index contributed by atoms with van der Waals surface area (Å²) in [6.07, 6.45) is 14.8. The van der Waals surface area contributed by atoms with Crippen LogP contribution in [0.25, 0.3) is 0 Å². The number of rotatable bonds is 6. The van der Waals surface area contributed by atoms with Gasteiger partial charge in [-0.3, -0.25) is 4.79 Å². The van der Waals surface area contributed by atoms with Crippen LogP contribution in [0.15, 0.2) is 0 Å². The maximum atomic E-state index is 11.6. The zero-order valence-electron chi connectivity index (χ0n) is 21.6. The van der Waals surface area contributed by atoms with Gasteiger partial charge in [-0.15, -0.1) is 0 Å². The van der Waals surface area contributed by atoms with Crippen LogP contribution in [0.2, 0.25) is 0 Å². The topological polar surface area (TPSA) is 38.8 Å². The van der Waals surface area contributed by atoms with Crippen LogP contribution in [-0.2, 0) is 14.3 Å². The molecule has 4 aliphatic carbocycles. The van der Waals surface area contributed by atoms with E-state index in [1.54, 1.807) is 6.92 Å². The van der Waals surface area contributed by atoms with Crippen LogP contribution in [0.5, 0.6) is 0 Å². The summed E-state index contributed by atoms with van der Waals surface area (Å²) in [6, 6.07) is 0. The summed E-state index contributed by atoms with van der Waals surface area (Å²) in [6.45, 7) is 14.1. The van der Waals surface area contributed by atoms with Gasteiger partial charge in [0, 0.05) is 18.8 Å². The molecule has 5 fully saturated rings. The fourth-order valence-corrected chi connectivity index (χ4v) is 10.00. The minimum atomic E-state index is -0.131. The van der Waals surface area contributed by atoms with Gasteiger partial charge in [-0.1, -0.05) is 53.9 Å². The highest BCUT2D eigenvalue weighted by atomic mass is 16.6. The van der Waals surface area contributed by atoms with E-state index in [2.05, 4.69) is 34.6 Å². The third-order valence-corrected chi connectivity index (χ3v) is 11.6. The first kappa shape index (κ1) is 23.2. The van der Waals surface area contributed by atoms with E-state index in [-0.39, 0.29) is 23.1 Å². The molecule has 0 radical (unpaired) electrons. The summed E-state index contributed by atoms with van der Waals surface area (Å²) in [7, 11) is 0. The Kier molecular flexibility index (Phi) is 5.79. The van der Waals surface area contributed by atoms with Crippen molar-refractivity contribution in [2.75, 3.05) is 0 Å². The molecule has 1 heterocycles. The van der Waals surface area contributed by atoms with Gasteiger partial charge in [-0.2, -0.15) is 0 Å². The van der Waals surface area contributed by atoms with Gasteiger partial charge in [0.2, 0.25) is 0 Å². The number of hydrogen-bond donors (Lipinski definition) is 0. The molecule has 1 aliphatic heterocycles. The summed E-state index contributed by atoms with van der Waals surface area (Å²) >= 11 is 0. The Bertz CT molecular complexity index is 732. The molecule has 4 saturated carbocycles. The maximum Gasteiger partial charge on any atom is 0.302 e. The zero-order valence-corrected chi connectivity index (χ0v) is 21.6. The number of carbonyl (C=O) groups is 1.